The molecule has 1 aliphatic rings. The first-order valence-corrected chi connectivity index (χ1v) is 10.4. The van der Waals surface area contributed by atoms with Gasteiger partial charge in [-0.2, -0.15) is 0 Å². The van der Waals surface area contributed by atoms with E-state index in [9.17, 15) is 9.59 Å². The second-order valence-electron chi connectivity index (χ2n) is 6.14. The smallest absolute Gasteiger partial charge is 0.263 e. The van der Waals surface area contributed by atoms with Crippen molar-refractivity contribution in [1.29, 1.82) is 0 Å². The number of aromatic nitrogens is 2. The van der Waals surface area contributed by atoms with Crippen molar-refractivity contribution in [3.05, 3.63) is 33.4 Å². The molecule has 0 aromatic carbocycles. The predicted molar refractivity (Wildman–Crippen MR) is 105 cm³/mol. The van der Waals surface area contributed by atoms with E-state index in [1.54, 1.807) is 22.0 Å². The van der Waals surface area contributed by atoms with Crippen LogP contribution in [0.15, 0.2) is 22.6 Å². The average molecular weight is 378 g/mol. The first-order valence-electron chi connectivity index (χ1n) is 8.67. The number of amides is 1. The lowest BCUT2D eigenvalue weighted by Crippen LogP contribution is -2.31. The number of carbonyl (C=O) groups excluding carboxylic acids is 1. The molecule has 3 rings (SSSR count). The summed E-state index contributed by atoms with van der Waals surface area (Å²) in [5.74, 6) is -0.0440. The SMILES string of the molecule is C=CCn1c(S[C@H](C)C(=O)NCC)nc2sc3c(c2c1=O)CCCC3. The van der Waals surface area contributed by atoms with Gasteiger partial charge in [0.15, 0.2) is 5.16 Å². The van der Waals surface area contributed by atoms with Crippen molar-refractivity contribution in [3.8, 4) is 0 Å². The Morgan fingerprint density at radius 2 is 2.24 bits per heavy atom. The molecule has 2 aromatic rings. The second kappa shape index (κ2) is 7.74. The van der Waals surface area contributed by atoms with Gasteiger partial charge in [0.2, 0.25) is 5.91 Å². The van der Waals surface area contributed by atoms with Crippen LogP contribution in [0.1, 0.15) is 37.1 Å². The Morgan fingerprint density at radius 1 is 1.48 bits per heavy atom. The van der Waals surface area contributed by atoms with E-state index in [1.807, 2.05) is 13.8 Å². The zero-order valence-electron chi connectivity index (χ0n) is 14.6. The van der Waals surface area contributed by atoms with E-state index in [-0.39, 0.29) is 16.7 Å². The molecule has 0 saturated carbocycles. The van der Waals surface area contributed by atoms with Crippen molar-refractivity contribution in [2.24, 2.45) is 0 Å². The predicted octanol–water partition coefficient (Wildman–Crippen LogP) is 3.14. The Balaban J connectivity index is 2.08. The third kappa shape index (κ3) is 3.53. The van der Waals surface area contributed by atoms with Crippen LogP contribution in [-0.2, 0) is 24.2 Å². The Kier molecular flexibility index (Phi) is 5.64. The molecule has 0 fully saturated rings. The van der Waals surface area contributed by atoms with E-state index >= 15 is 0 Å². The van der Waals surface area contributed by atoms with Gasteiger partial charge >= 0.3 is 0 Å². The first kappa shape index (κ1) is 18.2. The fourth-order valence-electron chi connectivity index (χ4n) is 3.13. The van der Waals surface area contributed by atoms with Crippen LogP contribution in [0.3, 0.4) is 0 Å². The Hall–Kier alpha value is -1.60. The van der Waals surface area contributed by atoms with Gasteiger partial charge < -0.3 is 5.32 Å². The fraction of sp³-hybridized carbons (Fsp3) is 0.500. The van der Waals surface area contributed by atoms with Crippen molar-refractivity contribution in [3.63, 3.8) is 0 Å². The fourth-order valence-corrected chi connectivity index (χ4v) is 5.37. The molecule has 5 nitrogen and oxygen atoms in total. The van der Waals surface area contributed by atoms with Crippen LogP contribution in [-0.4, -0.2) is 27.3 Å². The molecule has 0 saturated heterocycles. The quantitative estimate of drug-likeness (QED) is 0.477. The van der Waals surface area contributed by atoms with Crippen LogP contribution < -0.4 is 10.9 Å². The lowest BCUT2D eigenvalue weighted by Gasteiger charge is -2.15. The monoisotopic (exact) mass is 377 g/mol. The maximum atomic E-state index is 13.1. The number of hydrogen-bond acceptors (Lipinski definition) is 5. The lowest BCUT2D eigenvalue weighted by atomic mass is 9.97. The maximum absolute atomic E-state index is 13.1. The van der Waals surface area contributed by atoms with Crippen LogP contribution in [0.5, 0.6) is 0 Å². The molecule has 0 spiro atoms. The minimum absolute atomic E-state index is 0.00472. The van der Waals surface area contributed by atoms with Gasteiger partial charge in [0.1, 0.15) is 4.83 Å². The molecule has 7 heteroatoms. The summed E-state index contributed by atoms with van der Waals surface area (Å²) >= 11 is 2.97. The third-order valence-electron chi connectivity index (χ3n) is 4.35. The molecule has 2 aromatic heterocycles. The number of thiophene rings is 1. The molecule has 25 heavy (non-hydrogen) atoms. The van der Waals surface area contributed by atoms with Crippen molar-refractivity contribution in [2.45, 2.75) is 56.5 Å². The molecule has 134 valence electrons. The molecular formula is C18H23N3O2S2. The van der Waals surface area contributed by atoms with Gasteiger partial charge in [0.25, 0.3) is 5.56 Å². The number of nitrogens with zero attached hydrogens (tertiary/aromatic N) is 2. The van der Waals surface area contributed by atoms with Gasteiger partial charge in [0.05, 0.1) is 10.6 Å². The van der Waals surface area contributed by atoms with E-state index < -0.39 is 0 Å². The molecule has 0 aliphatic heterocycles. The Morgan fingerprint density at radius 3 is 2.96 bits per heavy atom. The summed E-state index contributed by atoms with van der Waals surface area (Å²) in [5.41, 5.74) is 1.18. The molecule has 0 unspecified atom stereocenters. The number of allylic oxidation sites excluding steroid dienone is 1. The topological polar surface area (TPSA) is 64.0 Å². The van der Waals surface area contributed by atoms with Gasteiger partial charge in [0, 0.05) is 18.0 Å². The molecule has 1 amide bonds. The summed E-state index contributed by atoms with van der Waals surface area (Å²) in [6, 6.07) is 0. The number of aryl methyl sites for hydroxylation is 2. The lowest BCUT2D eigenvalue weighted by molar-refractivity contribution is -0.120. The standard InChI is InChI=1S/C18H23N3O2S2/c1-4-10-21-17(23)14-12-8-6-7-9-13(12)25-16(14)20-18(21)24-11(3)15(22)19-5-2/h4,11H,1,5-10H2,2-3H3,(H,19,22)/t11-/m1/s1. The van der Waals surface area contributed by atoms with Gasteiger partial charge in [-0.05, 0) is 45.1 Å². The molecule has 1 aliphatic carbocycles. The van der Waals surface area contributed by atoms with Crippen LogP contribution in [0, 0.1) is 0 Å². The summed E-state index contributed by atoms with van der Waals surface area (Å²) in [6.07, 6.45) is 6.01. The minimum Gasteiger partial charge on any atom is -0.355 e. The van der Waals surface area contributed by atoms with Crippen LogP contribution >= 0.6 is 23.1 Å². The van der Waals surface area contributed by atoms with E-state index in [2.05, 4.69) is 11.9 Å². The summed E-state index contributed by atoms with van der Waals surface area (Å²) < 4.78 is 1.65. The molecule has 1 N–H and O–H groups in total. The highest BCUT2D eigenvalue weighted by Gasteiger charge is 2.23. The van der Waals surface area contributed by atoms with Gasteiger partial charge in [-0.15, -0.1) is 17.9 Å². The number of hydrogen-bond donors (Lipinski definition) is 1. The van der Waals surface area contributed by atoms with Crippen molar-refractivity contribution in [2.75, 3.05) is 6.54 Å². The summed E-state index contributed by atoms with van der Waals surface area (Å²) in [7, 11) is 0. The van der Waals surface area contributed by atoms with E-state index in [1.165, 1.54) is 28.6 Å². The number of carbonyl (C=O) groups is 1. The molecule has 0 bridgehead atoms. The molecule has 1 atom stereocenters. The molecule has 2 heterocycles. The van der Waals surface area contributed by atoms with Crippen LogP contribution in [0.4, 0.5) is 0 Å². The number of thioether (sulfide) groups is 1. The third-order valence-corrected chi connectivity index (χ3v) is 6.63. The zero-order valence-corrected chi connectivity index (χ0v) is 16.3. The largest absolute Gasteiger partial charge is 0.355 e. The Labute approximate surface area is 155 Å². The highest BCUT2D eigenvalue weighted by atomic mass is 32.2. The van der Waals surface area contributed by atoms with Gasteiger partial charge in [-0.25, -0.2) is 4.98 Å². The minimum atomic E-state index is -0.310. The number of fused-ring (bicyclic) bond motifs is 3. The normalized spacial score (nSPS) is 15.0. The highest BCUT2D eigenvalue weighted by Crippen LogP contribution is 2.35. The van der Waals surface area contributed by atoms with Crippen LogP contribution in [0.25, 0.3) is 10.2 Å². The van der Waals surface area contributed by atoms with E-state index in [4.69, 9.17) is 4.98 Å². The first-order chi connectivity index (χ1) is 12.1. The number of nitrogens with one attached hydrogen (secondary N) is 1. The average Bonchev–Trinajstić information content (AvgIpc) is 2.96. The van der Waals surface area contributed by atoms with Crippen molar-refractivity contribution in [1.82, 2.24) is 14.9 Å². The maximum Gasteiger partial charge on any atom is 0.263 e. The molecule has 0 radical (unpaired) electrons. The summed E-state index contributed by atoms with van der Waals surface area (Å²) in [4.78, 5) is 32.0. The van der Waals surface area contributed by atoms with Crippen molar-refractivity contribution < 1.29 is 4.79 Å². The van der Waals surface area contributed by atoms with Crippen LogP contribution in [0.2, 0.25) is 0 Å². The van der Waals surface area contributed by atoms with E-state index in [0.717, 1.165) is 29.5 Å². The highest BCUT2D eigenvalue weighted by molar-refractivity contribution is 8.00. The molecular weight excluding hydrogens is 354 g/mol. The Bertz CT molecular complexity index is 869. The van der Waals surface area contributed by atoms with Gasteiger partial charge in [-0.1, -0.05) is 17.8 Å². The number of rotatable bonds is 6. The van der Waals surface area contributed by atoms with E-state index in [0.29, 0.717) is 18.2 Å². The second-order valence-corrected chi connectivity index (χ2v) is 8.54. The summed E-state index contributed by atoms with van der Waals surface area (Å²) in [5, 5.41) is 3.87. The zero-order chi connectivity index (χ0) is 18.0. The van der Waals surface area contributed by atoms with Crippen molar-refractivity contribution >= 4 is 39.2 Å². The van der Waals surface area contributed by atoms with Gasteiger partial charge in [-0.3, -0.25) is 14.2 Å². The summed E-state index contributed by atoms with van der Waals surface area (Å²) in [6.45, 7) is 8.48.